The molecule has 0 bridgehead atoms. The van der Waals surface area contributed by atoms with Crippen molar-refractivity contribution < 1.29 is 14.0 Å². The molecule has 0 heterocycles. The molecule has 0 aliphatic carbocycles. The van der Waals surface area contributed by atoms with Gasteiger partial charge < -0.3 is 10.6 Å². The summed E-state index contributed by atoms with van der Waals surface area (Å²) in [5.41, 5.74) is -0.809. The van der Waals surface area contributed by atoms with Gasteiger partial charge in [-0.3, -0.25) is 9.59 Å². The van der Waals surface area contributed by atoms with Gasteiger partial charge in [0.15, 0.2) is 0 Å². The van der Waals surface area contributed by atoms with E-state index in [-0.39, 0.29) is 24.3 Å². The van der Waals surface area contributed by atoms with Crippen molar-refractivity contribution in [2.24, 2.45) is 5.41 Å². The molecule has 0 fully saturated rings. The highest BCUT2D eigenvalue weighted by atomic mass is 19.1. The van der Waals surface area contributed by atoms with Crippen LogP contribution in [0.1, 0.15) is 33.3 Å². The Hall–Kier alpha value is -1.91. The smallest absolute Gasteiger partial charge is 0.235 e. The van der Waals surface area contributed by atoms with Gasteiger partial charge in [0, 0.05) is 18.2 Å². The van der Waals surface area contributed by atoms with E-state index in [1.165, 1.54) is 6.07 Å². The molecule has 0 unspecified atom stereocenters. The normalized spacial score (nSPS) is 11.3. The largest absolute Gasteiger partial charge is 0.353 e. The number of rotatable bonds is 5. The molecule has 1 aromatic carbocycles. The number of hydrogen-bond donors (Lipinski definition) is 2. The maximum atomic E-state index is 13.4. The van der Waals surface area contributed by atoms with Crippen LogP contribution in [0.3, 0.4) is 0 Å². The summed E-state index contributed by atoms with van der Waals surface area (Å²) in [4.78, 5) is 24.0. The quantitative estimate of drug-likeness (QED) is 0.810. The van der Waals surface area contributed by atoms with Crippen molar-refractivity contribution in [1.82, 2.24) is 10.6 Å². The minimum absolute atomic E-state index is 0.0406. The van der Waals surface area contributed by atoms with Crippen molar-refractivity contribution >= 4 is 11.8 Å². The lowest BCUT2D eigenvalue weighted by Crippen LogP contribution is -2.49. The summed E-state index contributed by atoms with van der Waals surface area (Å²) < 4.78 is 13.4. The number of nitrogens with one attached hydrogen (secondary N) is 2. The van der Waals surface area contributed by atoms with Crippen LogP contribution in [-0.4, -0.2) is 17.9 Å². The number of halogens is 1. The standard InChI is InChI=1S/C15H21FN2O2/c1-10(2)18-14(20)15(3,4)13(19)17-9-11-7-5-6-8-12(11)16/h5-8,10H,9H2,1-4H3,(H,17,19)(H,18,20). The summed E-state index contributed by atoms with van der Waals surface area (Å²) in [5.74, 6) is -1.16. The van der Waals surface area contributed by atoms with Crippen LogP contribution in [0.15, 0.2) is 24.3 Å². The van der Waals surface area contributed by atoms with E-state index < -0.39 is 11.3 Å². The highest BCUT2D eigenvalue weighted by molar-refractivity contribution is 6.04. The Morgan fingerprint density at radius 2 is 1.80 bits per heavy atom. The van der Waals surface area contributed by atoms with Crippen LogP contribution in [0.2, 0.25) is 0 Å². The summed E-state index contributed by atoms with van der Waals surface area (Å²) in [5, 5.41) is 5.29. The van der Waals surface area contributed by atoms with Gasteiger partial charge in [-0.2, -0.15) is 0 Å². The second-order valence-corrected chi connectivity index (χ2v) is 5.53. The summed E-state index contributed by atoms with van der Waals surface area (Å²) in [6, 6.07) is 6.16. The van der Waals surface area contributed by atoms with Crippen LogP contribution < -0.4 is 10.6 Å². The van der Waals surface area contributed by atoms with E-state index >= 15 is 0 Å². The molecule has 0 aliphatic rings. The molecule has 1 aromatic rings. The molecule has 0 saturated heterocycles. The topological polar surface area (TPSA) is 58.2 Å². The SMILES string of the molecule is CC(C)NC(=O)C(C)(C)C(=O)NCc1ccccc1F. The summed E-state index contributed by atoms with van der Waals surface area (Å²) >= 11 is 0. The lowest BCUT2D eigenvalue weighted by molar-refractivity contribution is -0.141. The number of carbonyl (C=O) groups excluding carboxylic acids is 2. The Kier molecular flexibility index (Phi) is 5.25. The number of benzene rings is 1. The van der Waals surface area contributed by atoms with E-state index in [9.17, 15) is 14.0 Å². The average Bonchev–Trinajstić information content (AvgIpc) is 2.36. The second kappa shape index (κ2) is 6.50. The Morgan fingerprint density at radius 3 is 2.35 bits per heavy atom. The van der Waals surface area contributed by atoms with Crippen LogP contribution in [0.4, 0.5) is 4.39 Å². The number of hydrogen-bond acceptors (Lipinski definition) is 2. The molecular weight excluding hydrogens is 259 g/mol. The lowest BCUT2D eigenvalue weighted by Gasteiger charge is -2.24. The van der Waals surface area contributed by atoms with Gasteiger partial charge in [0.2, 0.25) is 11.8 Å². The number of carbonyl (C=O) groups is 2. The Labute approximate surface area is 118 Å². The van der Waals surface area contributed by atoms with Gasteiger partial charge in [-0.15, -0.1) is 0 Å². The molecule has 0 spiro atoms. The average molecular weight is 280 g/mol. The van der Waals surface area contributed by atoms with E-state index in [2.05, 4.69) is 10.6 Å². The van der Waals surface area contributed by atoms with Crippen molar-refractivity contribution in [3.63, 3.8) is 0 Å². The maximum absolute atomic E-state index is 13.4. The first-order valence-electron chi connectivity index (χ1n) is 6.58. The summed E-state index contributed by atoms with van der Waals surface area (Å²) in [6.07, 6.45) is 0. The van der Waals surface area contributed by atoms with Gasteiger partial charge in [0.1, 0.15) is 11.2 Å². The van der Waals surface area contributed by atoms with E-state index in [1.54, 1.807) is 32.0 Å². The molecule has 0 saturated carbocycles. The third kappa shape index (κ3) is 4.05. The highest BCUT2D eigenvalue weighted by Crippen LogP contribution is 2.16. The molecule has 0 aliphatic heterocycles. The van der Waals surface area contributed by atoms with Gasteiger partial charge >= 0.3 is 0 Å². The highest BCUT2D eigenvalue weighted by Gasteiger charge is 2.36. The van der Waals surface area contributed by atoms with Crippen LogP contribution in [0, 0.1) is 11.2 Å². The second-order valence-electron chi connectivity index (χ2n) is 5.53. The molecule has 110 valence electrons. The van der Waals surface area contributed by atoms with Crippen molar-refractivity contribution in [2.75, 3.05) is 0 Å². The predicted octanol–water partition coefficient (Wildman–Crippen LogP) is 1.99. The zero-order chi connectivity index (χ0) is 15.3. The number of amides is 2. The van der Waals surface area contributed by atoms with Crippen molar-refractivity contribution in [3.8, 4) is 0 Å². The predicted molar refractivity (Wildman–Crippen MR) is 75.3 cm³/mol. The van der Waals surface area contributed by atoms with Crippen molar-refractivity contribution in [3.05, 3.63) is 35.6 Å². The fraction of sp³-hybridized carbons (Fsp3) is 0.467. The Bertz CT molecular complexity index is 498. The first-order chi connectivity index (χ1) is 9.25. The Balaban J connectivity index is 2.66. The molecule has 1 rings (SSSR count). The van der Waals surface area contributed by atoms with E-state index in [4.69, 9.17) is 0 Å². The molecule has 4 nitrogen and oxygen atoms in total. The molecule has 0 radical (unpaired) electrons. The monoisotopic (exact) mass is 280 g/mol. The zero-order valence-corrected chi connectivity index (χ0v) is 12.3. The van der Waals surface area contributed by atoms with Crippen LogP contribution in [0.5, 0.6) is 0 Å². The first-order valence-corrected chi connectivity index (χ1v) is 6.58. The molecule has 2 amide bonds. The first kappa shape index (κ1) is 16.1. The lowest BCUT2D eigenvalue weighted by atomic mass is 9.90. The van der Waals surface area contributed by atoms with Gasteiger partial charge in [0.05, 0.1) is 0 Å². The zero-order valence-electron chi connectivity index (χ0n) is 12.3. The third-order valence-electron chi connectivity index (χ3n) is 2.95. The summed E-state index contributed by atoms with van der Waals surface area (Å²) in [7, 11) is 0. The molecule has 0 atom stereocenters. The van der Waals surface area contributed by atoms with Crippen molar-refractivity contribution in [2.45, 2.75) is 40.3 Å². The molecular formula is C15H21FN2O2. The third-order valence-corrected chi connectivity index (χ3v) is 2.95. The van der Waals surface area contributed by atoms with Crippen LogP contribution in [0.25, 0.3) is 0 Å². The molecule has 5 heteroatoms. The molecule has 0 aromatic heterocycles. The molecule has 20 heavy (non-hydrogen) atoms. The minimum atomic E-state index is -1.20. The van der Waals surface area contributed by atoms with Crippen LogP contribution >= 0.6 is 0 Å². The van der Waals surface area contributed by atoms with Gasteiger partial charge in [-0.1, -0.05) is 18.2 Å². The van der Waals surface area contributed by atoms with Gasteiger partial charge in [0.25, 0.3) is 0 Å². The Morgan fingerprint density at radius 1 is 1.20 bits per heavy atom. The van der Waals surface area contributed by atoms with E-state index in [0.717, 1.165) is 0 Å². The summed E-state index contributed by atoms with van der Waals surface area (Å²) in [6.45, 7) is 6.79. The van der Waals surface area contributed by atoms with Gasteiger partial charge in [-0.05, 0) is 33.8 Å². The molecule has 2 N–H and O–H groups in total. The fourth-order valence-electron chi connectivity index (χ4n) is 1.58. The van der Waals surface area contributed by atoms with Crippen molar-refractivity contribution in [1.29, 1.82) is 0 Å². The van der Waals surface area contributed by atoms with Crippen LogP contribution in [-0.2, 0) is 16.1 Å². The fourth-order valence-corrected chi connectivity index (χ4v) is 1.58. The van der Waals surface area contributed by atoms with E-state index in [0.29, 0.717) is 5.56 Å². The van der Waals surface area contributed by atoms with E-state index in [1.807, 2.05) is 13.8 Å². The van der Waals surface area contributed by atoms with Gasteiger partial charge in [-0.25, -0.2) is 4.39 Å². The maximum Gasteiger partial charge on any atom is 0.235 e. The minimum Gasteiger partial charge on any atom is -0.353 e.